The highest BCUT2D eigenvalue weighted by Gasteiger charge is 2.43. The molecule has 2 N–H and O–H groups in total. The number of carboxylic acids is 1. The van der Waals surface area contributed by atoms with Crippen LogP contribution in [0.15, 0.2) is 0 Å². The van der Waals surface area contributed by atoms with Gasteiger partial charge in [-0.1, -0.05) is 13.8 Å². The minimum Gasteiger partial charge on any atom is -0.480 e. The number of ether oxygens (including phenoxy) is 1. The highest BCUT2D eigenvalue weighted by atomic mass is 16.5. The summed E-state index contributed by atoms with van der Waals surface area (Å²) in [5.41, 5.74) is -1.05. The lowest BCUT2D eigenvalue weighted by molar-refractivity contribution is -0.150. The van der Waals surface area contributed by atoms with Crippen molar-refractivity contribution in [2.75, 3.05) is 13.2 Å². The summed E-state index contributed by atoms with van der Waals surface area (Å²) in [5, 5.41) is 12.5. The van der Waals surface area contributed by atoms with E-state index in [1.807, 2.05) is 6.92 Å². The lowest BCUT2D eigenvalue weighted by atomic mass is 9.76. The van der Waals surface area contributed by atoms with Gasteiger partial charge in [0.25, 0.3) is 0 Å². The molecule has 2 aliphatic rings. The first-order valence-corrected chi connectivity index (χ1v) is 8.08. The van der Waals surface area contributed by atoms with Gasteiger partial charge in [-0.2, -0.15) is 0 Å². The van der Waals surface area contributed by atoms with Crippen LogP contribution in [0.3, 0.4) is 0 Å². The second-order valence-electron chi connectivity index (χ2n) is 6.80. The maximum atomic E-state index is 12.5. The molecule has 0 aromatic carbocycles. The van der Waals surface area contributed by atoms with E-state index in [-0.39, 0.29) is 11.8 Å². The maximum Gasteiger partial charge on any atom is 0.329 e. The van der Waals surface area contributed by atoms with E-state index in [0.29, 0.717) is 37.9 Å². The highest BCUT2D eigenvalue weighted by Crippen LogP contribution is 2.33. The van der Waals surface area contributed by atoms with Crippen LogP contribution in [-0.4, -0.2) is 35.7 Å². The van der Waals surface area contributed by atoms with Gasteiger partial charge in [0.15, 0.2) is 0 Å². The quantitative estimate of drug-likeness (QED) is 0.834. The third kappa shape index (κ3) is 3.76. The monoisotopic (exact) mass is 297 g/mol. The van der Waals surface area contributed by atoms with Gasteiger partial charge in [0.1, 0.15) is 5.54 Å². The van der Waals surface area contributed by atoms with Gasteiger partial charge < -0.3 is 15.2 Å². The van der Waals surface area contributed by atoms with Gasteiger partial charge in [0, 0.05) is 19.1 Å². The molecular formula is C16H27NO4. The molecule has 0 radical (unpaired) electrons. The first kappa shape index (κ1) is 16.3. The number of carboxylic acid groups (broad SMARTS) is 1. The maximum absolute atomic E-state index is 12.5. The van der Waals surface area contributed by atoms with E-state index in [0.717, 1.165) is 25.7 Å². The third-order valence-electron chi connectivity index (χ3n) is 5.29. The fraction of sp³-hybridized carbons (Fsp3) is 0.875. The third-order valence-corrected chi connectivity index (χ3v) is 5.29. The van der Waals surface area contributed by atoms with Crippen molar-refractivity contribution in [3.05, 3.63) is 0 Å². The second-order valence-corrected chi connectivity index (χ2v) is 6.80. The zero-order valence-electron chi connectivity index (χ0n) is 13.1. The Morgan fingerprint density at radius 2 is 1.76 bits per heavy atom. The predicted octanol–water partition coefficient (Wildman–Crippen LogP) is 2.20. The Balaban J connectivity index is 1.99. The number of nitrogens with one attached hydrogen (secondary N) is 1. The zero-order valence-corrected chi connectivity index (χ0v) is 13.1. The Kier molecular flexibility index (Phi) is 5.25. The van der Waals surface area contributed by atoms with Gasteiger partial charge >= 0.3 is 5.97 Å². The van der Waals surface area contributed by atoms with Crippen LogP contribution in [0.2, 0.25) is 0 Å². The van der Waals surface area contributed by atoms with Crippen LogP contribution in [0.1, 0.15) is 52.4 Å². The van der Waals surface area contributed by atoms with Gasteiger partial charge in [-0.05, 0) is 50.4 Å². The summed E-state index contributed by atoms with van der Waals surface area (Å²) in [6.45, 7) is 5.44. The lowest BCUT2D eigenvalue weighted by Gasteiger charge is -2.38. The summed E-state index contributed by atoms with van der Waals surface area (Å²) < 4.78 is 5.32. The average molecular weight is 297 g/mol. The van der Waals surface area contributed by atoms with E-state index in [1.165, 1.54) is 0 Å². The van der Waals surface area contributed by atoms with Crippen molar-refractivity contribution in [1.29, 1.82) is 0 Å². The molecule has 1 saturated carbocycles. The molecular weight excluding hydrogens is 270 g/mol. The Morgan fingerprint density at radius 3 is 2.29 bits per heavy atom. The normalized spacial score (nSPS) is 32.4. The molecule has 0 aromatic rings. The van der Waals surface area contributed by atoms with Gasteiger partial charge in [-0.3, -0.25) is 4.79 Å². The molecule has 2 fully saturated rings. The first-order valence-electron chi connectivity index (χ1n) is 8.08. The number of carbonyl (C=O) groups is 2. The van der Waals surface area contributed by atoms with E-state index in [9.17, 15) is 14.7 Å². The Hall–Kier alpha value is -1.10. The Bertz CT molecular complexity index is 382. The molecule has 2 rings (SSSR count). The summed E-state index contributed by atoms with van der Waals surface area (Å²) >= 11 is 0. The molecule has 21 heavy (non-hydrogen) atoms. The topological polar surface area (TPSA) is 75.6 Å². The minimum atomic E-state index is -1.05. The molecule has 0 aromatic heterocycles. The molecule has 1 heterocycles. The van der Waals surface area contributed by atoms with Crippen molar-refractivity contribution < 1.29 is 19.4 Å². The summed E-state index contributed by atoms with van der Waals surface area (Å²) in [6, 6.07) is 0. The number of rotatable bonds is 4. The fourth-order valence-corrected chi connectivity index (χ4v) is 3.43. The van der Waals surface area contributed by atoms with Crippen molar-refractivity contribution in [1.82, 2.24) is 5.32 Å². The van der Waals surface area contributed by atoms with E-state index in [4.69, 9.17) is 4.74 Å². The zero-order chi connectivity index (χ0) is 15.5. The number of aliphatic carboxylic acids is 1. The summed E-state index contributed by atoms with van der Waals surface area (Å²) in [5.74, 6) is -0.306. The van der Waals surface area contributed by atoms with Crippen LogP contribution in [0, 0.1) is 17.8 Å². The van der Waals surface area contributed by atoms with E-state index in [1.54, 1.807) is 0 Å². The molecule has 1 aliphatic heterocycles. The first-order chi connectivity index (χ1) is 9.94. The van der Waals surface area contributed by atoms with Crippen LogP contribution in [0.25, 0.3) is 0 Å². The van der Waals surface area contributed by atoms with Crippen molar-refractivity contribution in [3.63, 3.8) is 0 Å². The molecule has 1 atom stereocenters. The average Bonchev–Trinajstić information content (AvgIpc) is 2.49. The molecule has 120 valence electrons. The second kappa shape index (κ2) is 6.77. The largest absolute Gasteiger partial charge is 0.480 e. The molecule has 1 saturated heterocycles. The number of amides is 1. The number of hydrogen-bond donors (Lipinski definition) is 2. The van der Waals surface area contributed by atoms with Gasteiger partial charge in [-0.15, -0.1) is 0 Å². The van der Waals surface area contributed by atoms with Crippen LogP contribution in [0.4, 0.5) is 0 Å². The van der Waals surface area contributed by atoms with Crippen LogP contribution < -0.4 is 5.32 Å². The highest BCUT2D eigenvalue weighted by molar-refractivity contribution is 5.88. The molecule has 5 nitrogen and oxygen atoms in total. The standard InChI is InChI=1S/C16H27NO4/c1-11-3-7-16(8-4-11,15(19)20)17-14(18)12(2)13-5-9-21-10-6-13/h11-13H,3-10H2,1-2H3,(H,17,18)(H,19,20). The van der Waals surface area contributed by atoms with E-state index < -0.39 is 11.5 Å². The molecule has 0 bridgehead atoms. The van der Waals surface area contributed by atoms with Gasteiger partial charge in [0.2, 0.25) is 5.91 Å². The molecule has 1 aliphatic carbocycles. The van der Waals surface area contributed by atoms with Crippen LogP contribution in [0.5, 0.6) is 0 Å². The molecule has 1 unspecified atom stereocenters. The van der Waals surface area contributed by atoms with Crippen molar-refractivity contribution in [2.45, 2.75) is 57.9 Å². The van der Waals surface area contributed by atoms with Crippen molar-refractivity contribution in [3.8, 4) is 0 Å². The van der Waals surface area contributed by atoms with E-state index in [2.05, 4.69) is 12.2 Å². The fourth-order valence-electron chi connectivity index (χ4n) is 3.43. The minimum absolute atomic E-state index is 0.112. The van der Waals surface area contributed by atoms with E-state index >= 15 is 0 Å². The lowest BCUT2D eigenvalue weighted by Crippen LogP contribution is -2.58. The SMILES string of the molecule is CC1CCC(NC(=O)C(C)C2CCOCC2)(C(=O)O)CC1. The van der Waals surface area contributed by atoms with Crippen LogP contribution >= 0.6 is 0 Å². The Labute approximate surface area is 126 Å². The summed E-state index contributed by atoms with van der Waals surface area (Å²) in [6.07, 6.45) is 4.55. The summed E-state index contributed by atoms with van der Waals surface area (Å²) in [7, 11) is 0. The van der Waals surface area contributed by atoms with Gasteiger partial charge in [-0.25, -0.2) is 4.79 Å². The smallest absolute Gasteiger partial charge is 0.329 e. The molecule has 0 spiro atoms. The van der Waals surface area contributed by atoms with Crippen molar-refractivity contribution >= 4 is 11.9 Å². The Morgan fingerprint density at radius 1 is 1.19 bits per heavy atom. The van der Waals surface area contributed by atoms with Crippen LogP contribution in [-0.2, 0) is 14.3 Å². The van der Waals surface area contributed by atoms with Gasteiger partial charge in [0.05, 0.1) is 0 Å². The number of carbonyl (C=O) groups excluding carboxylic acids is 1. The van der Waals surface area contributed by atoms with Crippen molar-refractivity contribution in [2.24, 2.45) is 17.8 Å². The molecule has 1 amide bonds. The predicted molar refractivity (Wildman–Crippen MR) is 78.8 cm³/mol. The number of hydrogen-bond acceptors (Lipinski definition) is 3. The molecule has 5 heteroatoms. The summed E-state index contributed by atoms with van der Waals surface area (Å²) in [4.78, 5) is 24.2.